The van der Waals surface area contributed by atoms with Crippen LogP contribution in [0, 0.1) is 5.92 Å². The lowest BCUT2D eigenvalue weighted by Gasteiger charge is -2.32. The van der Waals surface area contributed by atoms with Crippen LogP contribution in [0.1, 0.15) is 46.7 Å². The quantitative estimate of drug-likeness (QED) is 0.659. The van der Waals surface area contributed by atoms with Crippen LogP contribution in [0.3, 0.4) is 0 Å². The molecule has 7 heteroatoms. The number of rotatable bonds is 8. The van der Waals surface area contributed by atoms with Crippen LogP contribution in [-0.2, 0) is 16.6 Å². The molecule has 2 aromatic carbocycles. The molecule has 31 heavy (non-hydrogen) atoms. The number of likely N-dealkylation sites (tertiary alicyclic amines) is 1. The number of piperidine rings is 1. The second-order valence-corrected chi connectivity index (χ2v) is 10.6. The summed E-state index contributed by atoms with van der Waals surface area (Å²) in [6.45, 7) is 4.11. The van der Waals surface area contributed by atoms with Crippen LogP contribution in [0.4, 0.5) is 0 Å². The molecule has 1 saturated carbocycles. The number of nitrogens with one attached hydrogen (secondary N) is 2. The molecular formula is C24H31N3O3S. The first-order valence-corrected chi connectivity index (χ1v) is 12.9. The second-order valence-electron chi connectivity index (χ2n) is 8.89. The standard InChI is InChI=1S/C24H31N3O3S/c1-31(29,30)26-24(28)21-9-7-19(8-10-21)17-27-13-11-18(12-14-27)16-25-23-15-22(23)20-5-3-2-4-6-20/h2-10,18,22-23,25H,11-17H2,1H3,(H,26,28). The zero-order chi connectivity index (χ0) is 21.8. The second kappa shape index (κ2) is 9.51. The van der Waals surface area contributed by atoms with Gasteiger partial charge in [0.1, 0.15) is 0 Å². The summed E-state index contributed by atoms with van der Waals surface area (Å²) < 4.78 is 24.4. The van der Waals surface area contributed by atoms with Gasteiger partial charge in [-0.3, -0.25) is 9.69 Å². The molecular weight excluding hydrogens is 410 g/mol. The van der Waals surface area contributed by atoms with Crippen LogP contribution in [0.5, 0.6) is 0 Å². The van der Waals surface area contributed by atoms with Crippen LogP contribution >= 0.6 is 0 Å². The summed E-state index contributed by atoms with van der Waals surface area (Å²) in [5.74, 6) is 0.826. The first-order valence-electron chi connectivity index (χ1n) is 11.0. The maximum atomic E-state index is 11.9. The number of nitrogens with zero attached hydrogens (tertiary/aromatic N) is 1. The smallest absolute Gasteiger partial charge is 0.264 e. The van der Waals surface area contributed by atoms with Crippen molar-refractivity contribution in [3.05, 3.63) is 71.3 Å². The summed E-state index contributed by atoms with van der Waals surface area (Å²) in [6, 6.07) is 18.6. The number of amides is 1. The minimum absolute atomic E-state index is 0.354. The lowest BCUT2D eigenvalue weighted by Crippen LogP contribution is -2.37. The summed E-state index contributed by atoms with van der Waals surface area (Å²) in [6.07, 6.45) is 4.63. The third kappa shape index (κ3) is 6.38. The van der Waals surface area contributed by atoms with Crippen molar-refractivity contribution in [2.75, 3.05) is 25.9 Å². The predicted octanol–water partition coefficient (Wildman–Crippen LogP) is 2.73. The summed E-state index contributed by atoms with van der Waals surface area (Å²) in [5.41, 5.74) is 2.94. The van der Waals surface area contributed by atoms with Gasteiger partial charge in [-0.2, -0.15) is 0 Å². The van der Waals surface area contributed by atoms with E-state index in [4.69, 9.17) is 0 Å². The van der Waals surface area contributed by atoms with Gasteiger partial charge in [-0.25, -0.2) is 13.1 Å². The normalized spacial score (nSPS) is 22.2. The fraction of sp³-hybridized carbons (Fsp3) is 0.458. The van der Waals surface area contributed by atoms with Crippen molar-refractivity contribution >= 4 is 15.9 Å². The van der Waals surface area contributed by atoms with Gasteiger partial charge in [0.15, 0.2) is 0 Å². The Morgan fingerprint density at radius 2 is 1.71 bits per heavy atom. The highest BCUT2D eigenvalue weighted by Gasteiger charge is 2.38. The zero-order valence-corrected chi connectivity index (χ0v) is 18.8. The van der Waals surface area contributed by atoms with Crippen LogP contribution in [0.25, 0.3) is 0 Å². The molecule has 2 aliphatic rings. The van der Waals surface area contributed by atoms with Gasteiger partial charge in [0, 0.05) is 24.1 Å². The number of benzene rings is 2. The van der Waals surface area contributed by atoms with E-state index in [1.54, 1.807) is 12.1 Å². The molecule has 1 saturated heterocycles. The molecule has 0 spiro atoms. The summed E-state index contributed by atoms with van der Waals surface area (Å²) >= 11 is 0. The van der Waals surface area contributed by atoms with Gasteiger partial charge in [0.2, 0.25) is 10.0 Å². The van der Waals surface area contributed by atoms with Crippen molar-refractivity contribution in [3.8, 4) is 0 Å². The molecule has 2 N–H and O–H groups in total. The Bertz CT molecular complexity index is 984. The molecule has 4 rings (SSSR count). The van der Waals surface area contributed by atoms with Gasteiger partial charge in [0.05, 0.1) is 6.26 Å². The Morgan fingerprint density at radius 3 is 2.35 bits per heavy atom. The molecule has 2 fully saturated rings. The van der Waals surface area contributed by atoms with Crippen LogP contribution in [0.2, 0.25) is 0 Å². The highest BCUT2D eigenvalue weighted by atomic mass is 32.2. The number of sulfonamides is 1. The number of hydrogen-bond acceptors (Lipinski definition) is 5. The third-order valence-corrected chi connectivity index (χ3v) is 6.85. The molecule has 166 valence electrons. The Hall–Kier alpha value is -2.22. The molecule has 0 bridgehead atoms. The van der Waals surface area contributed by atoms with Gasteiger partial charge in [0.25, 0.3) is 5.91 Å². The van der Waals surface area contributed by atoms with E-state index in [0.29, 0.717) is 17.5 Å². The maximum absolute atomic E-state index is 11.9. The van der Waals surface area contributed by atoms with Crippen molar-refractivity contribution in [3.63, 3.8) is 0 Å². The summed E-state index contributed by atoms with van der Waals surface area (Å²) in [4.78, 5) is 14.4. The van der Waals surface area contributed by atoms with Gasteiger partial charge in [-0.05, 0) is 68.1 Å². The van der Waals surface area contributed by atoms with Gasteiger partial charge in [-0.1, -0.05) is 42.5 Å². The third-order valence-electron chi connectivity index (χ3n) is 6.29. The lowest BCUT2D eigenvalue weighted by atomic mass is 9.96. The van der Waals surface area contributed by atoms with E-state index in [0.717, 1.165) is 43.9 Å². The Morgan fingerprint density at radius 1 is 1.03 bits per heavy atom. The van der Waals surface area contributed by atoms with Gasteiger partial charge >= 0.3 is 0 Å². The minimum atomic E-state index is -3.55. The van der Waals surface area contributed by atoms with Crippen molar-refractivity contribution in [1.82, 2.24) is 14.9 Å². The monoisotopic (exact) mass is 441 g/mol. The van der Waals surface area contributed by atoms with E-state index < -0.39 is 15.9 Å². The zero-order valence-electron chi connectivity index (χ0n) is 18.0. The molecule has 2 atom stereocenters. The van der Waals surface area contributed by atoms with Gasteiger partial charge in [-0.15, -0.1) is 0 Å². The molecule has 0 radical (unpaired) electrons. The summed E-state index contributed by atoms with van der Waals surface area (Å²) in [7, 11) is -3.55. The first-order chi connectivity index (χ1) is 14.9. The molecule has 1 heterocycles. The Labute approximate surface area is 185 Å². The Balaban J connectivity index is 1.17. The highest BCUT2D eigenvalue weighted by molar-refractivity contribution is 7.89. The van der Waals surface area contributed by atoms with Crippen molar-refractivity contribution < 1.29 is 13.2 Å². The molecule has 2 unspecified atom stereocenters. The lowest BCUT2D eigenvalue weighted by molar-refractivity contribution is 0.0981. The van der Waals surface area contributed by atoms with E-state index in [-0.39, 0.29) is 0 Å². The molecule has 1 amide bonds. The average molecular weight is 442 g/mol. The van der Waals surface area contributed by atoms with E-state index in [1.165, 1.54) is 24.8 Å². The topological polar surface area (TPSA) is 78.5 Å². The molecule has 2 aromatic rings. The fourth-order valence-corrected chi connectivity index (χ4v) is 4.86. The molecule has 6 nitrogen and oxygen atoms in total. The van der Waals surface area contributed by atoms with Crippen molar-refractivity contribution in [1.29, 1.82) is 0 Å². The van der Waals surface area contributed by atoms with Crippen molar-refractivity contribution in [2.24, 2.45) is 5.92 Å². The van der Waals surface area contributed by atoms with Crippen LogP contribution in [0.15, 0.2) is 54.6 Å². The predicted molar refractivity (Wildman–Crippen MR) is 122 cm³/mol. The molecule has 1 aliphatic heterocycles. The number of hydrogen-bond donors (Lipinski definition) is 2. The highest BCUT2D eigenvalue weighted by Crippen LogP contribution is 2.40. The van der Waals surface area contributed by atoms with E-state index in [1.807, 2.05) is 16.9 Å². The SMILES string of the molecule is CS(=O)(=O)NC(=O)c1ccc(CN2CCC(CNC3CC3c3ccccc3)CC2)cc1. The van der Waals surface area contributed by atoms with E-state index in [2.05, 4.69) is 40.5 Å². The minimum Gasteiger partial charge on any atom is -0.313 e. The number of carbonyl (C=O) groups is 1. The largest absolute Gasteiger partial charge is 0.313 e. The summed E-state index contributed by atoms with van der Waals surface area (Å²) in [5, 5.41) is 3.77. The number of carbonyl (C=O) groups excluding carboxylic acids is 1. The molecule has 1 aliphatic carbocycles. The average Bonchev–Trinajstić information content (AvgIpc) is 3.53. The van der Waals surface area contributed by atoms with Crippen LogP contribution < -0.4 is 10.0 Å². The van der Waals surface area contributed by atoms with E-state index in [9.17, 15) is 13.2 Å². The fourth-order valence-electron chi connectivity index (χ4n) is 4.40. The van der Waals surface area contributed by atoms with Crippen LogP contribution in [-0.4, -0.2) is 51.2 Å². The first kappa shape index (κ1) is 22.0. The van der Waals surface area contributed by atoms with Gasteiger partial charge < -0.3 is 5.32 Å². The Kier molecular flexibility index (Phi) is 6.74. The van der Waals surface area contributed by atoms with Crippen molar-refractivity contribution in [2.45, 2.75) is 37.8 Å². The molecule has 0 aromatic heterocycles. The van der Waals surface area contributed by atoms with E-state index >= 15 is 0 Å². The maximum Gasteiger partial charge on any atom is 0.264 e.